The minimum atomic E-state index is 0.690. The molecule has 3 heteroatoms. The van der Waals surface area contributed by atoms with Gasteiger partial charge in [0.2, 0.25) is 0 Å². The molecule has 0 spiro atoms. The molecular weight excluding hydrogens is 234 g/mol. The number of rotatable bonds is 4. The van der Waals surface area contributed by atoms with Crippen LogP contribution in [-0.2, 0) is 0 Å². The molecule has 3 atom stereocenters. The fourth-order valence-electron chi connectivity index (χ4n) is 4.60. The Labute approximate surface area is 118 Å². The Hall–Kier alpha value is -0.120. The van der Waals surface area contributed by atoms with Crippen molar-refractivity contribution in [2.45, 2.75) is 82.6 Å². The van der Waals surface area contributed by atoms with Gasteiger partial charge in [0.15, 0.2) is 0 Å². The van der Waals surface area contributed by atoms with Crippen LogP contribution in [0.25, 0.3) is 0 Å². The number of hydrogen-bond acceptors (Lipinski definition) is 3. The molecule has 0 aromatic carbocycles. The minimum absolute atomic E-state index is 0.690. The summed E-state index contributed by atoms with van der Waals surface area (Å²) in [6.45, 7) is 7.27. The Morgan fingerprint density at radius 2 is 1.84 bits per heavy atom. The number of piperidine rings is 1. The summed E-state index contributed by atoms with van der Waals surface area (Å²) in [5.41, 5.74) is 0. The Bertz CT molecular complexity index is 284. The van der Waals surface area contributed by atoms with E-state index in [1.807, 2.05) is 0 Å². The molecule has 110 valence electrons. The van der Waals surface area contributed by atoms with Gasteiger partial charge >= 0.3 is 0 Å². The molecule has 3 aliphatic heterocycles. The summed E-state index contributed by atoms with van der Waals surface area (Å²) >= 11 is 0. The molecule has 0 saturated carbocycles. The van der Waals surface area contributed by atoms with Crippen LogP contribution in [0.3, 0.4) is 0 Å². The van der Waals surface area contributed by atoms with Crippen molar-refractivity contribution < 1.29 is 0 Å². The molecule has 1 N–H and O–H groups in total. The molecule has 2 bridgehead atoms. The number of nitrogens with zero attached hydrogens (tertiary/aromatic N) is 2. The van der Waals surface area contributed by atoms with E-state index in [1.54, 1.807) is 0 Å². The van der Waals surface area contributed by atoms with Crippen LogP contribution < -0.4 is 5.32 Å². The van der Waals surface area contributed by atoms with E-state index in [-0.39, 0.29) is 0 Å². The zero-order valence-electron chi connectivity index (χ0n) is 12.9. The summed E-state index contributed by atoms with van der Waals surface area (Å²) in [5, 5.41) is 3.68. The Morgan fingerprint density at radius 3 is 2.37 bits per heavy atom. The average Bonchev–Trinajstić information content (AvgIpc) is 2.93. The lowest BCUT2D eigenvalue weighted by Gasteiger charge is -2.44. The lowest BCUT2D eigenvalue weighted by molar-refractivity contribution is 0.0517. The molecular formula is C16H31N3. The second-order valence-corrected chi connectivity index (χ2v) is 7.26. The molecule has 0 aromatic rings. The van der Waals surface area contributed by atoms with Gasteiger partial charge in [-0.05, 0) is 66.0 Å². The van der Waals surface area contributed by atoms with E-state index in [2.05, 4.69) is 36.0 Å². The predicted octanol–water partition coefficient (Wildman–Crippen LogP) is 2.07. The van der Waals surface area contributed by atoms with Crippen molar-refractivity contribution in [3.63, 3.8) is 0 Å². The van der Waals surface area contributed by atoms with Crippen LogP contribution in [0.2, 0.25) is 0 Å². The van der Waals surface area contributed by atoms with Crippen molar-refractivity contribution in [3.05, 3.63) is 0 Å². The van der Waals surface area contributed by atoms with Gasteiger partial charge < -0.3 is 10.2 Å². The van der Waals surface area contributed by atoms with Gasteiger partial charge in [-0.1, -0.05) is 0 Å². The Balaban J connectivity index is 1.63. The van der Waals surface area contributed by atoms with E-state index in [0.717, 1.165) is 24.2 Å². The first-order valence-electron chi connectivity index (χ1n) is 8.36. The van der Waals surface area contributed by atoms with Crippen LogP contribution in [0.1, 0.15) is 52.4 Å². The molecule has 0 amide bonds. The maximum Gasteiger partial charge on any atom is 0.0195 e. The zero-order chi connectivity index (χ0) is 13.4. The summed E-state index contributed by atoms with van der Waals surface area (Å²) in [6, 6.07) is 3.99. The van der Waals surface area contributed by atoms with Crippen LogP contribution in [0.5, 0.6) is 0 Å². The van der Waals surface area contributed by atoms with Crippen molar-refractivity contribution >= 4 is 0 Å². The van der Waals surface area contributed by atoms with Crippen molar-refractivity contribution in [1.29, 1.82) is 0 Å². The Kier molecular flexibility index (Phi) is 4.16. The monoisotopic (exact) mass is 265 g/mol. The third kappa shape index (κ3) is 2.84. The van der Waals surface area contributed by atoms with Crippen molar-refractivity contribution in [2.24, 2.45) is 0 Å². The highest BCUT2D eigenvalue weighted by molar-refractivity contribution is 4.98. The maximum absolute atomic E-state index is 3.68. The molecule has 0 radical (unpaired) electrons. The zero-order valence-corrected chi connectivity index (χ0v) is 12.9. The summed E-state index contributed by atoms with van der Waals surface area (Å²) in [5.74, 6) is 0. The molecule has 3 nitrogen and oxygen atoms in total. The van der Waals surface area contributed by atoms with Gasteiger partial charge in [0.1, 0.15) is 0 Å². The molecule has 3 heterocycles. The van der Waals surface area contributed by atoms with E-state index >= 15 is 0 Å². The maximum atomic E-state index is 3.68. The van der Waals surface area contributed by atoms with Gasteiger partial charge in [0.05, 0.1) is 0 Å². The van der Waals surface area contributed by atoms with Crippen molar-refractivity contribution in [3.8, 4) is 0 Å². The molecule has 19 heavy (non-hydrogen) atoms. The van der Waals surface area contributed by atoms with Gasteiger partial charge in [0, 0.05) is 36.8 Å². The second kappa shape index (κ2) is 5.71. The smallest absolute Gasteiger partial charge is 0.0195 e. The molecule has 0 aliphatic carbocycles. The SMILES string of the molecule is CC(C)N(CC1CCCN1)C1CC2CCC(C1)N2C. The van der Waals surface area contributed by atoms with Crippen LogP contribution in [0.15, 0.2) is 0 Å². The highest BCUT2D eigenvalue weighted by Crippen LogP contribution is 2.37. The molecule has 3 aliphatic rings. The Morgan fingerprint density at radius 1 is 1.16 bits per heavy atom. The lowest BCUT2D eigenvalue weighted by Crippen LogP contribution is -2.53. The topological polar surface area (TPSA) is 18.5 Å². The molecule has 3 rings (SSSR count). The van der Waals surface area contributed by atoms with Gasteiger partial charge in [-0.25, -0.2) is 0 Å². The van der Waals surface area contributed by atoms with Gasteiger partial charge in [0.25, 0.3) is 0 Å². The molecule has 0 aromatic heterocycles. The van der Waals surface area contributed by atoms with Crippen LogP contribution in [0, 0.1) is 0 Å². The van der Waals surface area contributed by atoms with E-state index in [9.17, 15) is 0 Å². The highest BCUT2D eigenvalue weighted by Gasteiger charge is 2.41. The summed E-state index contributed by atoms with van der Waals surface area (Å²) in [4.78, 5) is 5.46. The summed E-state index contributed by atoms with van der Waals surface area (Å²) < 4.78 is 0. The first kappa shape index (κ1) is 13.8. The van der Waals surface area contributed by atoms with E-state index in [1.165, 1.54) is 51.6 Å². The molecule has 3 saturated heterocycles. The third-order valence-electron chi connectivity index (χ3n) is 5.80. The van der Waals surface area contributed by atoms with Gasteiger partial charge in [-0.15, -0.1) is 0 Å². The summed E-state index contributed by atoms with van der Waals surface area (Å²) in [7, 11) is 2.34. The highest BCUT2D eigenvalue weighted by atomic mass is 15.3. The third-order valence-corrected chi connectivity index (χ3v) is 5.80. The fraction of sp³-hybridized carbons (Fsp3) is 1.00. The van der Waals surface area contributed by atoms with Crippen LogP contribution in [0.4, 0.5) is 0 Å². The minimum Gasteiger partial charge on any atom is -0.313 e. The van der Waals surface area contributed by atoms with E-state index in [0.29, 0.717) is 6.04 Å². The van der Waals surface area contributed by atoms with E-state index in [4.69, 9.17) is 0 Å². The van der Waals surface area contributed by atoms with Crippen LogP contribution >= 0.6 is 0 Å². The summed E-state index contributed by atoms with van der Waals surface area (Å²) in [6.07, 6.45) is 8.42. The predicted molar refractivity (Wildman–Crippen MR) is 80.5 cm³/mol. The van der Waals surface area contributed by atoms with Gasteiger partial charge in [-0.3, -0.25) is 4.90 Å². The van der Waals surface area contributed by atoms with Crippen molar-refractivity contribution in [2.75, 3.05) is 20.1 Å². The van der Waals surface area contributed by atoms with Gasteiger partial charge in [-0.2, -0.15) is 0 Å². The number of nitrogens with one attached hydrogen (secondary N) is 1. The second-order valence-electron chi connectivity index (χ2n) is 7.26. The normalized spacial score (nSPS) is 39.6. The largest absolute Gasteiger partial charge is 0.313 e. The molecule has 3 unspecified atom stereocenters. The quantitative estimate of drug-likeness (QED) is 0.839. The number of hydrogen-bond donors (Lipinski definition) is 1. The molecule has 3 fully saturated rings. The fourth-order valence-corrected chi connectivity index (χ4v) is 4.60. The first-order valence-corrected chi connectivity index (χ1v) is 8.36. The lowest BCUT2D eigenvalue weighted by atomic mass is 9.95. The standard InChI is InChI=1S/C16H31N3/c1-12(2)19(11-13-5-4-8-17-13)16-9-14-6-7-15(10-16)18(14)3/h12-17H,4-11H2,1-3H3. The van der Waals surface area contributed by atoms with Crippen molar-refractivity contribution in [1.82, 2.24) is 15.1 Å². The van der Waals surface area contributed by atoms with Crippen LogP contribution in [-0.4, -0.2) is 60.1 Å². The average molecular weight is 265 g/mol. The first-order chi connectivity index (χ1) is 9.15. The van der Waals surface area contributed by atoms with E-state index < -0.39 is 0 Å². The number of fused-ring (bicyclic) bond motifs is 2.